The summed E-state index contributed by atoms with van der Waals surface area (Å²) in [6, 6.07) is 11.4. The van der Waals surface area contributed by atoms with E-state index in [0.29, 0.717) is 36.6 Å². The van der Waals surface area contributed by atoms with Crippen LogP contribution in [0.25, 0.3) is 0 Å². The van der Waals surface area contributed by atoms with E-state index in [-0.39, 0.29) is 25.0 Å². The number of ether oxygens (including phenoxy) is 2. The van der Waals surface area contributed by atoms with Crippen LogP contribution >= 0.6 is 0 Å². The van der Waals surface area contributed by atoms with E-state index < -0.39 is 18.0 Å². The van der Waals surface area contributed by atoms with Crippen LogP contribution in [0, 0.1) is 5.82 Å². The number of carbonyl (C=O) groups excluding carboxylic acids is 2. The van der Waals surface area contributed by atoms with E-state index in [0.717, 1.165) is 0 Å². The van der Waals surface area contributed by atoms with E-state index in [9.17, 15) is 19.1 Å². The first kappa shape index (κ1) is 21.9. The van der Waals surface area contributed by atoms with Gasteiger partial charge in [0, 0.05) is 24.4 Å². The first-order valence-electron chi connectivity index (χ1n) is 9.79. The predicted octanol–water partition coefficient (Wildman–Crippen LogP) is 2.38. The normalized spacial score (nSPS) is 17.6. The van der Waals surface area contributed by atoms with Gasteiger partial charge in [-0.3, -0.25) is 9.59 Å². The van der Waals surface area contributed by atoms with Gasteiger partial charge in [-0.15, -0.1) is 0 Å². The highest BCUT2D eigenvalue weighted by atomic mass is 19.1. The lowest BCUT2D eigenvalue weighted by Gasteiger charge is -2.38. The Morgan fingerprint density at radius 3 is 2.63 bits per heavy atom. The summed E-state index contributed by atoms with van der Waals surface area (Å²) in [6.45, 7) is 3.41. The molecule has 2 amide bonds. The third kappa shape index (κ3) is 5.41. The predicted molar refractivity (Wildman–Crippen MR) is 109 cm³/mol. The number of amides is 2. The van der Waals surface area contributed by atoms with Crippen LogP contribution in [0.4, 0.5) is 10.1 Å². The standard InChI is InChI=1S/C22H25FN2O5/c1-2-29-12-11-25-19(13-30-14-20(25)26)21(27)15-5-9-18(10-6-15)24-22(28)16-3-7-17(23)8-4-16/h3-10,19,21,27H,2,11-14H2,1H3,(H,24,28)/t19-,21-/m1/s1. The maximum Gasteiger partial charge on any atom is 0.255 e. The first-order chi connectivity index (χ1) is 14.5. The lowest BCUT2D eigenvalue weighted by atomic mass is 10.00. The van der Waals surface area contributed by atoms with Gasteiger partial charge in [0.2, 0.25) is 5.91 Å². The SMILES string of the molecule is CCOCCN1C(=O)COC[C@@H]1[C@H](O)c1ccc(NC(=O)c2ccc(F)cc2)cc1. The Bertz CT molecular complexity index is 857. The molecule has 0 unspecified atom stereocenters. The quantitative estimate of drug-likeness (QED) is 0.645. The number of hydrogen-bond acceptors (Lipinski definition) is 5. The molecule has 0 radical (unpaired) electrons. The van der Waals surface area contributed by atoms with Crippen molar-refractivity contribution < 1.29 is 28.6 Å². The number of carbonyl (C=O) groups is 2. The number of rotatable bonds is 8. The number of nitrogens with one attached hydrogen (secondary N) is 1. The van der Waals surface area contributed by atoms with E-state index in [1.54, 1.807) is 29.2 Å². The van der Waals surface area contributed by atoms with Crippen molar-refractivity contribution in [1.29, 1.82) is 0 Å². The number of morpholine rings is 1. The molecular formula is C22H25FN2O5. The fourth-order valence-corrected chi connectivity index (χ4v) is 3.27. The van der Waals surface area contributed by atoms with Gasteiger partial charge in [-0.2, -0.15) is 0 Å². The van der Waals surface area contributed by atoms with Crippen LogP contribution in [0.2, 0.25) is 0 Å². The summed E-state index contributed by atoms with van der Waals surface area (Å²) < 4.78 is 23.7. The van der Waals surface area contributed by atoms with Crippen molar-refractivity contribution in [3.05, 3.63) is 65.5 Å². The Morgan fingerprint density at radius 2 is 1.97 bits per heavy atom. The molecule has 0 spiro atoms. The number of aliphatic hydroxyl groups is 1. The summed E-state index contributed by atoms with van der Waals surface area (Å²) in [5.41, 5.74) is 1.47. The zero-order valence-electron chi connectivity index (χ0n) is 16.7. The first-order valence-corrected chi connectivity index (χ1v) is 9.79. The van der Waals surface area contributed by atoms with Crippen molar-refractivity contribution in [2.45, 2.75) is 19.1 Å². The van der Waals surface area contributed by atoms with Gasteiger partial charge >= 0.3 is 0 Å². The molecule has 2 aromatic rings. The molecule has 30 heavy (non-hydrogen) atoms. The fourth-order valence-electron chi connectivity index (χ4n) is 3.27. The molecule has 0 aromatic heterocycles. The molecule has 1 saturated heterocycles. The number of anilines is 1. The van der Waals surface area contributed by atoms with Crippen molar-refractivity contribution >= 4 is 17.5 Å². The Kier molecular flexibility index (Phi) is 7.51. The third-order valence-corrected chi connectivity index (χ3v) is 4.90. The second-order valence-corrected chi connectivity index (χ2v) is 6.89. The summed E-state index contributed by atoms with van der Waals surface area (Å²) in [5.74, 6) is -0.963. The monoisotopic (exact) mass is 416 g/mol. The van der Waals surface area contributed by atoms with Crippen LogP contribution < -0.4 is 5.32 Å². The Hall–Kier alpha value is -2.81. The van der Waals surface area contributed by atoms with Crippen LogP contribution in [0.1, 0.15) is 28.9 Å². The molecule has 1 fully saturated rings. The van der Waals surface area contributed by atoms with E-state index in [1.807, 2.05) is 6.92 Å². The minimum absolute atomic E-state index is 0.0102. The highest BCUT2D eigenvalue weighted by Crippen LogP contribution is 2.25. The van der Waals surface area contributed by atoms with Gasteiger partial charge in [0.1, 0.15) is 18.5 Å². The van der Waals surface area contributed by atoms with E-state index >= 15 is 0 Å². The molecule has 1 heterocycles. The van der Waals surface area contributed by atoms with Gasteiger partial charge in [-0.05, 0) is 48.9 Å². The maximum atomic E-state index is 13.0. The molecule has 1 aliphatic heterocycles. The van der Waals surface area contributed by atoms with Crippen molar-refractivity contribution in [3.63, 3.8) is 0 Å². The number of benzene rings is 2. The summed E-state index contributed by atoms with van der Waals surface area (Å²) in [4.78, 5) is 26.1. The molecule has 2 aromatic carbocycles. The van der Waals surface area contributed by atoms with Crippen molar-refractivity contribution in [2.24, 2.45) is 0 Å². The lowest BCUT2D eigenvalue weighted by molar-refractivity contribution is -0.155. The highest BCUT2D eigenvalue weighted by Gasteiger charge is 2.34. The van der Waals surface area contributed by atoms with Gasteiger partial charge in [0.15, 0.2) is 0 Å². The highest BCUT2D eigenvalue weighted by molar-refractivity contribution is 6.04. The zero-order valence-corrected chi connectivity index (χ0v) is 16.7. The molecule has 3 rings (SSSR count). The van der Waals surface area contributed by atoms with Crippen LogP contribution in [0.5, 0.6) is 0 Å². The minimum atomic E-state index is -0.947. The lowest BCUT2D eigenvalue weighted by Crippen LogP contribution is -2.53. The Balaban J connectivity index is 1.65. The van der Waals surface area contributed by atoms with Gasteiger partial charge in [-0.1, -0.05) is 12.1 Å². The largest absolute Gasteiger partial charge is 0.386 e. The van der Waals surface area contributed by atoms with E-state index in [4.69, 9.17) is 9.47 Å². The number of nitrogens with zero attached hydrogens (tertiary/aromatic N) is 1. The van der Waals surface area contributed by atoms with Crippen LogP contribution in [0.3, 0.4) is 0 Å². The van der Waals surface area contributed by atoms with Gasteiger partial charge in [-0.25, -0.2) is 4.39 Å². The molecule has 0 bridgehead atoms. The van der Waals surface area contributed by atoms with Gasteiger partial charge in [0.25, 0.3) is 5.91 Å². The van der Waals surface area contributed by atoms with Crippen LogP contribution in [0.15, 0.2) is 48.5 Å². The van der Waals surface area contributed by atoms with E-state index in [1.165, 1.54) is 24.3 Å². The van der Waals surface area contributed by atoms with Crippen molar-refractivity contribution in [2.75, 3.05) is 38.3 Å². The molecule has 2 N–H and O–H groups in total. The smallest absolute Gasteiger partial charge is 0.255 e. The third-order valence-electron chi connectivity index (χ3n) is 4.90. The molecule has 7 nitrogen and oxygen atoms in total. The molecule has 160 valence electrons. The van der Waals surface area contributed by atoms with Crippen LogP contribution in [-0.4, -0.2) is 60.8 Å². The molecule has 1 aliphatic rings. The summed E-state index contributed by atoms with van der Waals surface area (Å²) in [7, 11) is 0. The number of aliphatic hydroxyl groups excluding tert-OH is 1. The second kappa shape index (κ2) is 10.3. The topological polar surface area (TPSA) is 88.1 Å². The average Bonchev–Trinajstić information content (AvgIpc) is 2.75. The second-order valence-electron chi connectivity index (χ2n) is 6.89. The fraction of sp³-hybridized carbons (Fsp3) is 0.364. The zero-order chi connectivity index (χ0) is 21.5. The number of halogens is 1. The van der Waals surface area contributed by atoms with Gasteiger partial charge < -0.3 is 24.8 Å². The molecular weight excluding hydrogens is 391 g/mol. The molecule has 0 saturated carbocycles. The van der Waals surface area contributed by atoms with Crippen LogP contribution in [-0.2, 0) is 14.3 Å². The number of hydrogen-bond donors (Lipinski definition) is 2. The Labute approximate surface area is 174 Å². The van der Waals surface area contributed by atoms with Crippen molar-refractivity contribution in [3.8, 4) is 0 Å². The summed E-state index contributed by atoms with van der Waals surface area (Å²) in [5, 5.41) is 13.6. The Morgan fingerprint density at radius 1 is 1.27 bits per heavy atom. The van der Waals surface area contributed by atoms with Gasteiger partial charge in [0.05, 0.1) is 19.3 Å². The molecule has 2 atom stereocenters. The van der Waals surface area contributed by atoms with E-state index in [2.05, 4.69) is 5.32 Å². The minimum Gasteiger partial charge on any atom is -0.386 e. The van der Waals surface area contributed by atoms with Crippen molar-refractivity contribution in [1.82, 2.24) is 4.90 Å². The summed E-state index contributed by atoms with van der Waals surface area (Å²) >= 11 is 0. The average molecular weight is 416 g/mol. The molecule has 8 heteroatoms. The summed E-state index contributed by atoms with van der Waals surface area (Å²) in [6.07, 6.45) is -0.947. The maximum absolute atomic E-state index is 13.0. The molecule has 0 aliphatic carbocycles.